The molecule has 0 amide bonds. The fourth-order valence-electron chi connectivity index (χ4n) is 1.98. The Bertz CT molecular complexity index is 469. The van der Waals surface area contributed by atoms with E-state index in [0.29, 0.717) is 0 Å². The van der Waals surface area contributed by atoms with Crippen molar-refractivity contribution in [3.8, 4) is 0 Å². The van der Waals surface area contributed by atoms with E-state index in [4.69, 9.17) is 0 Å². The minimum absolute atomic E-state index is 1.06. The highest BCUT2D eigenvalue weighted by Crippen LogP contribution is 2.18. The number of rotatable bonds is 3. The zero-order valence-electron chi connectivity index (χ0n) is 9.72. The molecule has 0 aliphatic heterocycles. The Labute approximate surface area is 90.7 Å². The molecule has 80 valence electrons. The van der Waals surface area contributed by atoms with Gasteiger partial charge >= 0.3 is 0 Å². The number of H-pyrrole nitrogens is 1. The molecule has 0 unspecified atom stereocenters. The molecule has 0 aliphatic carbocycles. The maximum absolute atomic E-state index is 4.64. The lowest BCUT2D eigenvalue weighted by Crippen LogP contribution is -1.86. The van der Waals surface area contributed by atoms with Crippen LogP contribution in [-0.2, 0) is 6.42 Å². The third-order valence-electron chi connectivity index (χ3n) is 2.74. The Morgan fingerprint density at radius 3 is 2.80 bits per heavy atom. The van der Waals surface area contributed by atoms with Crippen LogP contribution in [0.15, 0.2) is 12.1 Å². The number of aryl methyl sites for hydroxylation is 3. The summed E-state index contributed by atoms with van der Waals surface area (Å²) >= 11 is 0. The molecule has 2 nitrogen and oxygen atoms in total. The highest BCUT2D eigenvalue weighted by atomic mass is 14.9. The van der Waals surface area contributed by atoms with E-state index < -0.39 is 0 Å². The van der Waals surface area contributed by atoms with Gasteiger partial charge in [-0.05, 0) is 37.5 Å². The molecule has 0 bridgehead atoms. The van der Waals surface area contributed by atoms with Gasteiger partial charge in [0.25, 0.3) is 0 Å². The minimum atomic E-state index is 1.06. The van der Waals surface area contributed by atoms with Crippen molar-refractivity contribution in [2.24, 2.45) is 0 Å². The highest BCUT2D eigenvalue weighted by Gasteiger charge is 2.05. The Balaban J connectivity index is 2.41. The molecule has 15 heavy (non-hydrogen) atoms. The number of nitrogens with zero attached hydrogens (tertiary/aromatic N) is 1. The van der Waals surface area contributed by atoms with Gasteiger partial charge in [0.15, 0.2) is 0 Å². The average Bonchev–Trinajstić information content (AvgIpc) is 2.57. The van der Waals surface area contributed by atoms with Gasteiger partial charge in [0, 0.05) is 6.42 Å². The lowest BCUT2D eigenvalue weighted by molar-refractivity contribution is 0.765. The van der Waals surface area contributed by atoms with Crippen LogP contribution in [0.3, 0.4) is 0 Å². The van der Waals surface area contributed by atoms with Gasteiger partial charge in [-0.1, -0.05) is 19.4 Å². The van der Waals surface area contributed by atoms with Gasteiger partial charge < -0.3 is 4.98 Å². The first kappa shape index (κ1) is 10.2. The van der Waals surface area contributed by atoms with Crippen molar-refractivity contribution in [2.45, 2.75) is 40.0 Å². The van der Waals surface area contributed by atoms with Crippen LogP contribution in [0.4, 0.5) is 0 Å². The lowest BCUT2D eigenvalue weighted by Gasteiger charge is -1.96. The topological polar surface area (TPSA) is 28.7 Å². The summed E-state index contributed by atoms with van der Waals surface area (Å²) in [5, 5.41) is 0. The van der Waals surface area contributed by atoms with E-state index >= 15 is 0 Å². The van der Waals surface area contributed by atoms with E-state index in [1.165, 1.54) is 29.5 Å². The molecule has 2 heteroatoms. The fourth-order valence-corrected chi connectivity index (χ4v) is 1.98. The van der Waals surface area contributed by atoms with E-state index in [0.717, 1.165) is 17.8 Å². The molecule has 0 radical (unpaired) electrons. The van der Waals surface area contributed by atoms with Crippen LogP contribution in [0.1, 0.15) is 36.7 Å². The zero-order chi connectivity index (χ0) is 10.8. The lowest BCUT2D eigenvalue weighted by atomic mass is 10.1. The number of benzene rings is 1. The number of imidazole rings is 1. The molecule has 0 aliphatic rings. The molecular weight excluding hydrogens is 184 g/mol. The van der Waals surface area contributed by atoms with Gasteiger partial charge in [0.05, 0.1) is 11.0 Å². The molecular formula is C13H18N2. The van der Waals surface area contributed by atoms with Gasteiger partial charge in [0.1, 0.15) is 5.82 Å². The molecule has 0 spiro atoms. The average molecular weight is 202 g/mol. The highest BCUT2D eigenvalue weighted by molar-refractivity contribution is 5.79. The largest absolute Gasteiger partial charge is 0.342 e. The molecule has 1 N–H and O–H groups in total. The number of unbranched alkanes of at least 4 members (excludes halogenated alkanes) is 1. The molecule has 1 heterocycles. The Hall–Kier alpha value is -1.31. The second kappa shape index (κ2) is 4.05. The van der Waals surface area contributed by atoms with Gasteiger partial charge in [0.2, 0.25) is 0 Å². The molecule has 0 atom stereocenters. The van der Waals surface area contributed by atoms with Crippen LogP contribution in [0.5, 0.6) is 0 Å². The van der Waals surface area contributed by atoms with Crippen LogP contribution in [0, 0.1) is 13.8 Å². The molecule has 0 saturated carbocycles. The summed E-state index contributed by atoms with van der Waals surface area (Å²) in [6.07, 6.45) is 3.48. The standard InChI is InChI=1S/C13H18N2/c1-4-5-6-12-14-11-8-9(2)7-10(3)13(11)15-12/h7-8H,4-6H2,1-3H3,(H,14,15). The van der Waals surface area contributed by atoms with E-state index in [1.54, 1.807) is 0 Å². The van der Waals surface area contributed by atoms with Crippen LogP contribution in [0.2, 0.25) is 0 Å². The third-order valence-corrected chi connectivity index (χ3v) is 2.74. The number of hydrogen-bond donors (Lipinski definition) is 1. The van der Waals surface area contributed by atoms with Crippen LogP contribution in [0.25, 0.3) is 11.0 Å². The monoisotopic (exact) mass is 202 g/mol. The summed E-state index contributed by atoms with van der Waals surface area (Å²) in [5.74, 6) is 1.13. The first-order valence-corrected chi connectivity index (χ1v) is 5.66. The Kier molecular flexibility index (Phi) is 2.76. The van der Waals surface area contributed by atoms with Crippen LogP contribution in [-0.4, -0.2) is 9.97 Å². The first-order valence-electron chi connectivity index (χ1n) is 5.66. The van der Waals surface area contributed by atoms with Gasteiger partial charge in [-0.2, -0.15) is 0 Å². The number of aromatic amines is 1. The summed E-state index contributed by atoms with van der Waals surface area (Å²) in [6.45, 7) is 6.46. The van der Waals surface area contributed by atoms with Gasteiger partial charge in [-0.3, -0.25) is 0 Å². The van der Waals surface area contributed by atoms with Crippen molar-refractivity contribution in [3.05, 3.63) is 29.1 Å². The van der Waals surface area contributed by atoms with Crippen LogP contribution < -0.4 is 0 Å². The number of hydrogen-bond acceptors (Lipinski definition) is 1. The van der Waals surface area contributed by atoms with E-state index in [1.807, 2.05) is 0 Å². The predicted octanol–water partition coefficient (Wildman–Crippen LogP) is 3.52. The normalized spacial score (nSPS) is 11.1. The van der Waals surface area contributed by atoms with E-state index in [-0.39, 0.29) is 0 Å². The van der Waals surface area contributed by atoms with E-state index in [9.17, 15) is 0 Å². The maximum Gasteiger partial charge on any atom is 0.107 e. The number of nitrogens with one attached hydrogen (secondary N) is 1. The fraction of sp³-hybridized carbons (Fsp3) is 0.462. The SMILES string of the molecule is CCCCc1nc2c(C)cc(C)cc2[nH]1. The second-order valence-electron chi connectivity index (χ2n) is 4.27. The molecule has 2 aromatic rings. The summed E-state index contributed by atoms with van der Waals surface area (Å²) in [5.41, 5.74) is 4.87. The quantitative estimate of drug-likeness (QED) is 0.810. The second-order valence-corrected chi connectivity index (χ2v) is 4.27. The smallest absolute Gasteiger partial charge is 0.107 e. The molecule has 1 aromatic carbocycles. The number of aromatic nitrogens is 2. The van der Waals surface area contributed by atoms with Crippen molar-refractivity contribution >= 4 is 11.0 Å². The first-order chi connectivity index (χ1) is 7.20. The van der Waals surface area contributed by atoms with Gasteiger partial charge in [-0.15, -0.1) is 0 Å². The molecule has 2 rings (SSSR count). The maximum atomic E-state index is 4.64. The molecule has 0 saturated heterocycles. The van der Waals surface area contributed by atoms with Crippen LogP contribution >= 0.6 is 0 Å². The van der Waals surface area contributed by atoms with Crippen molar-refractivity contribution in [3.63, 3.8) is 0 Å². The summed E-state index contributed by atoms with van der Waals surface area (Å²) < 4.78 is 0. The Morgan fingerprint density at radius 2 is 2.07 bits per heavy atom. The van der Waals surface area contributed by atoms with Crippen molar-refractivity contribution in [2.75, 3.05) is 0 Å². The zero-order valence-corrected chi connectivity index (χ0v) is 9.72. The predicted molar refractivity (Wildman–Crippen MR) is 64.2 cm³/mol. The van der Waals surface area contributed by atoms with E-state index in [2.05, 4.69) is 42.9 Å². The van der Waals surface area contributed by atoms with Crippen molar-refractivity contribution < 1.29 is 0 Å². The summed E-state index contributed by atoms with van der Waals surface area (Å²) in [7, 11) is 0. The Morgan fingerprint density at radius 1 is 1.27 bits per heavy atom. The third kappa shape index (κ3) is 2.04. The van der Waals surface area contributed by atoms with Crippen molar-refractivity contribution in [1.29, 1.82) is 0 Å². The summed E-state index contributed by atoms with van der Waals surface area (Å²) in [6, 6.07) is 4.36. The molecule has 1 aromatic heterocycles. The number of fused-ring (bicyclic) bond motifs is 1. The van der Waals surface area contributed by atoms with Crippen molar-refractivity contribution in [1.82, 2.24) is 9.97 Å². The minimum Gasteiger partial charge on any atom is -0.342 e. The van der Waals surface area contributed by atoms with Gasteiger partial charge in [-0.25, -0.2) is 4.98 Å². The molecule has 0 fully saturated rings. The summed E-state index contributed by atoms with van der Waals surface area (Å²) in [4.78, 5) is 8.04.